The van der Waals surface area contributed by atoms with Gasteiger partial charge in [-0.05, 0) is 55.0 Å². The summed E-state index contributed by atoms with van der Waals surface area (Å²) in [7, 11) is -3.36. The van der Waals surface area contributed by atoms with E-state index in [1.54, 1.807) is 55.5 Å². The van der Waals surface area contributed by atoms with Gasteiger partial charge in [-0.2, -0.15) is 0 Å². The molecule has 3 rings (SSSR count). The summed E-state index contributed by atoms with van der Waals surface area (Å²) >= 11 is 0. The van der Waals surface area contributed by atoms with E-state index in [0.29, 0.717) is 35.7 Å². The molecule has 0 aliphatic rings. The quantitative estimate of drug-likeness (QED) is 0.415. The predicted molar refractivity (Wildman–Crippen MR) is 126 cm³/mol. The highest BCUT2D eigenvalue weighted by atomic mass is 32.2. The van der Waals surface area contributed by atoms with E-state index in [2.05, 4.69) is 10.0 Å². The predicted octanol–water partition coefficient (Wildman–Crippen LogP) is 4.55. The van der Waals surface area contributed by atoms with Gasteiger partial charge in [-0.3, -0.25) is 9.52 Å². The molecule has 168 valence electrons. The van der Waals surface area contributed by atoms with E-state index in [1.807, 2.05) is 30.3 Å². The highest BCUT2D eigenvalue weighted by Crippen LogP contribution is 2.21. The Morgan fingerprint density at radius 2 is 1.44 bits per heavy atom. The van der Waals surface area contributed by atoms with Gasteiger partial charge in [0, 0.05) is 11.4 Å². The lowest BCUT2D eigenvalue weighted by atomic mass is 10.2. The lowest BCUT2D eigenvalue weighted by Gasteiger charge is -2.13. The maximum Gasteiger partial charge on any atom is 0.259 e. The maximum absolute atomic E-state index is 12.8. The van der Waals surface area contributed by atoms with E-state index < -0.39 is 10.0 Å². The van der Waals surface area contributed by atoms with E-state index in [4.69, 9.17) is 9.47 Å². The number of hydrogen-bond donors (Lipinski definition) is 2. The van der Waals surface area contributed by atoms with Crippen molar-refractivity contribution < 1.29 is 22.7 Å². The number of anilines is 2. The van der Waals surface area contributed by atoms with Crippen molar-refractivity contribution in [2.45, 2.75) is 13.3 Å². The van der Waals surface area contributed by atoms with Crippen molar-refractivity contribution in [2.75, 3.05) is 29.0 Å². The van der Waals surface area contributed by atoms with Gasteiger partial charge in [-0.25, -0.2) is 8.42 Å². The lowest BCUT2D eigenvalue weighted by Crippen LogP contribution is -2.17. The third-order valence-electron chi connectivity index (χ3n) is 4.37. The van der Waals surface area contributed by atoms with Crippen LogP contribution in [0.25, 0.3) is 0 Å². The number of benzene rings is 3. The highest BCUT2D eigenvalue weighted by Gasteiger charge is 2.13. The molecule has 8 heteroatoms. The molecule has 0 spiro atoms. The average molecular weight is 455 g/mol. The van der Waals surface area contributed by atoms with Crippen molar-refractivity contribution in [3.63, 3.8) is 0 Å². The van der Waals surface area contributed by atoms with Crippen LogP contribution in [0.15, 0.2) is 78.9 Å². The molecule has 0 atom stereocenters. The molecule has 0 radical (unpaired) electrons. The molecule has 0 bridgehead atoms. The molecule has 7 nitrogen and oxygen atoms in total. The number of carbonyl (C=O) groups excluding carboxylic acids is 1. The smallest absolute Gasteiger partial charge is 0.259 e. The zero-order valence-corrected chi connectivity index (χ0v) is 18.6. The Morgan fingerprint density at radius 1 is 0.812 bits per heavy atom. The van der Waals surface area contributed by atoms with Crippen LogP contribution in [-0.4, -0.2) is 33.3 Å². The second-order valence-electron chi connectivity index (χ2n) is 6.96. The minimum atomic E-state index is -3.36. The molecule has 0 aliphatic heterocycles. The van der Waals surface area contributed by atoms with E-state index in [9.17, 15) is 13.2 Å². The minimum Gasteiger partial charge on any atom is -0.490 e. The number of para-hydroxylation sites is 2. The summed E-state index contributed by atoms with van der Waals surface area (Å²) < 4.78 is 37.6. The Labute approximate surface area is 188 Å². The number of ether oxygens (including phenoxy) is 2. The van der Waals surface area contributed by atoms with Crippen molar-refractivity contribution >= 4 is 27.3 Å². The molecule has 0 aromatic heterocycles. The SMILES string of the molecule is CCCS(=O)(=O)Nc1ccc(NC(=O)c2ccccc2OCCOc2ccccc2)cc1. The van der Waals surface area contributed by atoms with Gasteiger partial charge in [-0.15, -0.1) is 0 Å². The molecule has 0 saturated heterocycles. The van der Waals surface area contributed by atoms with Crippen LogP contribution in [0.4, 0.5) is 11.4 Å². The summed E-state index contributed by atoms with van der Waals surface area (Å²) in [5, 5.41) is 2.80. The maximum atomic E-state index is 12.8. The number of sulfonamides is 1. The Kier molecular flexibility index (Phi) is 8.10. The standard InChI is InChI=1S/C24H26N2O5S/c1-2-18-32(28,29)26-20-14-12-19(13-15-20)25-24(27)22-10-6-7-11-23(22)31-17-16-30-21-8-4-3-5-9-21/h3-15,26H,2,16-18H2,1H3,(H,25,27). The van der Waals surface area contributed by atoms with Crippen LogP contribution in [0, 0.1) is 0 Å². The van der Waals surface area contributed by atoms with E-state index in [0.717, 1.165) is 5.75 Å². The van der Waals surface area contributed by atoms with Crippen LogP contribution in [0.1, 0.15) is 23.7 Å². The van der Waals surface area contributed by atoms with Crippen LogP contribution in [0.2, 0.25) is 0 Å². The molecule has 0 unspecified atom stereocenters. The van der Waals surface area contributed by atoms with Gasteiger partial charge in [0.2, 0.25) is 10.0 Å². The van der Waals surface area contributed by atoms with Crippen LogP contribution in [0.5, 0.6) is 11.5 Å². The largest absolute Gasteiger partial charge is 0.490 e. The molecule has 0 saturated carbocycles. The van der Waals surface area contributed by atoms with Crippen molar-refractivity contribution in [3.05, 3.63) is 84.4 Å². The Hall–Kier alpha value is -3.52. The molecule has 0 heterocycles. The first kappa shape index (κ1) is 23.1. The first-order chi connectivity index (χ1) is 15.5. The first-order valence-corrected chi connectivity index (χ1v) is 11.9. The number of amides is 1. The van der Waals surface area contributed by atoms with Crippen LogP contribution < -0.4 is 19.5 Å². The summed E-state index contributed by atoms with van der Waals surface area (Å²) in [6.45, 7) is 2.43. The Balaban J connectivity index is 1.57. The first-order valence-electron chi connectivity index (χ1n) is 10.3. The second kappa shape index (κ2) is 11.2. The van der Waals surface area contributed by atoms with Gasteiger partial charge in [0.1, 0.15) is 24.7 Å². The molecule has 1 amide bonds. The van der Waals surface area contributed by atoms with Gasteiger partial charge in [-0.1, -0.05) is 37.3 Å². The summed E-state index contributed by atoms with van der Waals surface area (Å²) in [5.74, 6) is 0.927. The summed E-state index contributed by atoms with van der Waals surface area (Å²) in [6.07, 6.45) is 0.531. The van der Waals surface area contributed by atoms with Crippen LogP contribution in [-0.2, 0) is 10.0 Å². The van der Waals surface area contributed by atoms with Gasteiger partial charge in [0.25, 0.3) is 5.91 Å². The monoisotopic (exact) mass is 454 g/mol. The zero-order chi connectivity index (χ0) is 22.8. The molecular formula is C24H26N2O5S. The molecule has 32 heavy (non-hydrogen) atoms. The fourth-order valence-electron chi connectivity index (χ4n) is 2.93. The fraction of sp³-hybridized carbons (Fsp3) is 0.208. The average Bonchev–Trinajstić information content (AvgIpc) is 2.79. The van der Waals surface area contributed by atoms with E-state index >= 15 is 0 Å². The molecule has 2 N–H and O–H groups in total. The second-order valence-corrected chi connectivity index (χ2v) is 8.80. The van der Waals surface area contributed by atoms with Crippen molar-refractivity contribution in [1.29, 1.82) is 0 Å². The van der Waals surface area contributed by atoms with Gasteiger partial charge < -0.3 is 14.8 Å². The number of nitrogens with one attached hydrogen (secondary N) is 2. The number of hydrogen-bond acceptors (Lipinski definition) is 5. The lowest BCUT2D eigenvalue weighted by molar-refractivity contribution is 0.102. The van der Waals surface area contributed by atoms with Crippen molar-refractivity contribution in [3.8, 4) is 11.5 Å². The molecule has 0 aliphatic carbocycles. The molecule has 3 aromatic carbocycles. The third kappa shape index (κ3) is 7.02. The number of carbonyl (C=O) groups is 1. The van der Waals surface area contributed by atoms with E-state index in [1.165, 1.54) is 0 Å². The zero-order valence-electron chi connectivity index (χ0n) is 17.8. The van der Waals surface area contributed by atoms with Crippen LogP contribution >= 0.6 is 0 Å². The minimum absolute atomic E-state index is 0.0542. The summed E-state index contributed by atoms with van der Waals surface area (Å²) in [4.78, 5) is 12.8. The highest BCUT2D eigenvalue weighted by molar-refractivity contribution is 7.92. The van der Waals surface area contributed by atoms with Crippen LogP contribution in [0.3, 0.4) is 0 Å². The fourth-order valence-corrected chi connectivity index (χ4v) is 4.06. The number of rotatable bonds is 11. The van der Waals surface area contributed by atoms with Crippen molar-refractivity contribution in [2.24, 2.45) is 0 Å². The molecule has 3 aromatic rings. The molecular weight excluding hydrogens is 428 g/mol. The van der Waals surface area contributed by atoms with Gasteiger partial charge in [0.05, 0.1) is 11.3 Å². The summed E-state index contributed by atoms with van der Waals surface area (Å²) in [5.41, 5.74) is 1.37. The Bertz CT molecular complexity index is 1120. The third-order valence-corrected chi connectivity index (χ3v) is 5.87. The van der Waals surface area contributed by atoms with Crippen molar-refractivity contribution in [1.82, 2.24) is 0 Å². The van der Waals surface area contributed by atoms with Gasteiger partial charge in [0.15, 0.2) is 0 Å². The normalized spacial score (nSPS) is 10.9. The topological polar surface area (TPSA) is 93.7 Å². The molecule has 0 fully saturated rings. The van der Waals surface area contributed by atoms with Gasteiger partial charge >= 0.3 is 0 Å². The summed E-state index contributed by atoms with van der Waals surface area (Å²) in [6, 6.07) is 22.9. The Morgan fingerprint density at radius 3 is 2.16 bits per heavy atom. The van der Waals surface area contributed by atoms with E-state index in [-0.39, 0.29) is 18.3 Å².